The van der Waals surface area contributed by atoms with Gasteiger partial charge in [-0.2, -0.15) is 0 Å². The van der Waals surface area contributed by atoms with Gasteiger partial charge in [-0.15, -0.1) is 0 Å². The number of amides is 3. The van der Waals surface area contributed by atoms with E-state index in [1.165, 1.54) is 0 Å². The molecule has 3 amide bonds. The normalized spacial score (nSPS) is 15.8. The van der Waals surface area contributed by atoms with Crippen LogP contribution in [0.2, 0.25) is 0 Å². The molecule has 108 valence electrons. The SMILES string of the molecule is CNC(=O)CCNC(=O)CCN1CCCCCC1=O. The first-order valence-corrected chi connectivity index (χ1v) is 6.88. The molecule has 0 bridgehead atoms. The Labute approximate surface area is 113 Å². The smallest absolute Gasteiger partial charge is 0.222 e. The van der Waals surface area contributed by atoms with Crippen LogP contribution in [0.3, 0.4) is 0 Å². The van der Waals surface area contributed by atoms with Crippen molar-refractivity contribution >= 4 is 17.7 Å². The minimum atomic E-state index is -0.110. The highest BCUT2D eigenvalue weighted by Gasteiger charge is 2.17. The maximum atomic E-state index is 11.7. The van der Waals surface area contributed by atoms with E-state index in [4.69, 9.17) is 0 Å². The standard InChI is InChI=1S/C13H23N3O3/c1-14-11(17)6-8-15-12(18)7-10-16-9-4-2-3-5-13(16)19/h2-10H2,1H3,(H,14,17)(H,15,18). The zero-order valence-electron chi connectivity index (χ0n) is 11.5. The van der Waals surface area contributed by atoms with Gasteiger partial charge in [0.05, 0.1) is 0 Å². The van der Waals surface area contributed by atoms with Gasteiger partial charge < -0.3 is 15.5 Å². The Bertz CT molecular complexity index is 331. The Kier molecular flexibility index (Phi) is 6.92. The van der Waals surface area contributed by atoms with Gasteiger partial charge in [0.1, 0.15) is 0 Å². The Balaban J connectivity index is 2.18. The molecule has 1 rings (SSSR count). The Morgan fingerprint density at radius 3 is 2.68 bits per heavy atom. The number of carbonyl (C=O) groups is 3. The summed E-state index contributed by atoms with van der Waals surface area (Å²) in [6, 6.07) is 0. The van der Waals surface area contributed by atoms with Crippen molar-refractivity contribution in [2.24, 2.45) is 0 Å². The number of hydrogen-bond donors (Lipinski definition) is 2. The molecule has 1 fully saturated rings. The molecule has 0 aromatic carbocycles. The topological polar surface area (TPSA) is 78.5 Å². The summed E-state index contributed by atoms with van der Waals surface area (Å²) >= 11 is 0. The molecule has 1 aliphatic rings. The van der Waals surface area contributed by atoms with Crippen LogP contribution in [0.1, 0.15) is 38.5 Å². The van der Waals surface area contributed by atoms with E-state index in [2.05, 4.69) is 10.6 Å². The molecule has 6 nitrogen and oxygen atoms in total. The van der Waals surface area contributed by atoms with Crippen molar-refractivity contribution in [1.29, 1.82) is 0 Å². The minimum Gasteiger partial charge on any atom is -0.359 e. The lowest BCUT2D eigenvalue weighted by Gasteiger charge is -2.19. The van der Waals surface area contributed by atoms with Crippen LogP contribution in [0.15, 0.2) is 0 Å². The van der Waals surface area contributed by atoms with Gasteiger partial charge in [0.2, 0.25) is 17.7 Å². The van der Waals surface area contributed by atoms with Crippen molar-refractivity contribution in [1.82, 2.24) is 15.5 Å². The molecule has 0 unspecified atom stereocenters. The van der Waals surface area contributed by atoms with Crippen molar-refractivity contribution in [3.8, 4) is 0 Å². The number of nitrogens with one attached hydrogen (secondary N) is 2. The van der Waals surface area contributed by atoms with Gasteiger partial charge in [-0.3, -0.25) is 14.4 Å². The van der Waals surface area contributed by atoms with Crippen molar-refractivity contribution in [3.05, 3.63) is 0 Å². The predicted octanol–water partition coefficient (Wildman–Crippen LogP) is 0.0314. The number of rotatable bonds is 6. The summed E-state index contributed by atoms with van der Waals surface area (Å²) in [5.41, 5.74) is 0. The zero-order valence-corrected chi connectivity index (χ0v) is 11.5. The van der Waals surface area contributed by atoms with Gasteiger partial charge in [-0.05, 0) is 12.8 Å². The third kappa shape index (κ3) is 6.22. The minimum absolute atomic E-state index is 0.0944. The molecular weight excluding hydrogens is 246 g/mol. The van der Waals surface area contributed by atoms with E-state index in [0.717, 1.165) is 25.8 Å². The lowest BCUT2D eigenvalue weighted by Crippen LogP contribution is -2.35. The fourth-order valence-electron chi connectivity index (χ4n) is 2.04. The molecule has 0 saturated carbocycles. The van der Waals surface area contributed by atoms with Crippen LogP contribution in [0.4, 0.5) is 0 Å². The van der Waals surface area contributed by atoms with Crippen LogP contribution in [0, 0.1) is 0 Å². The number of carbonyl (C=O) groups excluding carboxylic acids is 3. The fraction of sp³-hybridized carbons (Fsp3) is 0.769. The van der Waals surface area contributed by atoms with Crippen LogP contribution in [0.25, 0.3) is 0 Å². The van der Waals surface area contributed by atoms with Gasteiger partial charge in [-0.1, -0.05) is 6.42 Å². The monoisotopic (exact) mass is 269 g/mol. The molecule has 0 radical (unpaired) electrons. The zero-order chi connectivity index (χ0) is 14.1. The first-order chi connectivity index (χ1) is 9.13. The molecule has 0 aromatic rings. The Hall–Kier alpha value is -1.59. The quantitative estimate of drug-likeness (QED) is 0.714. The van der Waals surface area contributed by atoms with Crippen molar-refractivity contribution < 1.29 is 14.4 Å². The van der Waals surface area contributed by atoms with Crippen LogP contribution in [-0.4, -0.2) is 49.3 Å². The lowest BCUT2D eigenvalue weighted by molar-refractivity contribution is -0.131. The second kappa shape index (κ2) is 8.50. The van der Waals surface area contributed by atoms with E-state index in [1.807, 2.05) is 0 Å². The van der Waals surface area contributed by atoms with Crippen LogP contribution in [0.5, 0.6) is 0 Å². The van der Waals surface area contributed by atoms with Crippen LogP contribution in [-0.2, 0) is 14.4 Å². The summed E-state index contributed by atoms with van der Waals surface area (Å²) in [5.74, 6) is -0.0559. The summed E-state index contributed by atoms with van der Waals surface area (Å²) in [4.78, 5) is 36.0. The third-order valence-electron chi connectivity index (χ3n) is 3.23. The number of likely N-dealkylation sites (tertiary alicyclic amines) is 1. The van der Waals surface area contributed by atoms with E-state index in [9.17, 15) is 14.4 Å². The highest BCUT2D eigenvalue weighted by atomic mass is 16.2. The molecule has 1 heterocycles. The molecule has 0 aromatic heterocycles. The maximum absolute atomic E-state index is 11.7. The summed E-state index contributed by atoms with van der Waals surface area (Å²) in [7, 11) is 1.56. The molecular formula is C13H23N3O3. The van der Waals surface area contributed by atoms with Gasteiger partial charge in [0, 0.05) is 45.9 Å². The van der Waals surface area contributed by atoms with Gasteiger partial charge in [0.15, 0.2) is 0 Å². The van der Waals surface area contributed by atoms with Crippen molar-refractivity contribution in [2.75, 3.05) is 26.7 Å². The van der Waals surface area contributed by atoms with Gasteiger partial charge in [0.25, 0.3) is 0 Å². The average Bonchev–Trinajstić information content (AvgIpc) is 2.61. The van der Waals surface area contributed by atoms with E-state index < -0.39 is 0 Å². The first kappa shape index (κ1) is 15.5. The number of nitrogens with zero attached hydrogens (tertiary/aromatic N) is 1. The van der Waals surface area contributed by atoms with Gasteiger partial charge in [-0.25, -0.2) is 0 Å². The average molecular weight is 269 g/mol. The fourth-order valence-corrected chi connectivity index (χ4v) is 2.04. The molecule has 0 atom stereocenters. The largest absolute Gasteiger partial charge is 0.359 e. The summed E-state index contributed by atoms with van der Waals surface area (Å²) in [5, 5.41) is 5.17. The molecule has 0 spiro atoms. The van der Waals surface area contributed by atoms with Crippen molar-refractivity contribution in [3.63, 3.8) is 0 Å². The number of hydrogen-bond acceptors (Lipinski definition) is 3. The van der Waals surface area contributed by atoms with E-state index in [1.54, 1.807) is 11.9 Å². The van der Waals surface area contributed by atoms with Gasteiger partial charge >= 0.3 is 0 Å². The van der Waals surface area contributed by atoms with Crippen molar-refractivity contribution in [2.45, 2.75) is 38.5 Å². The second-order valence-corrected chi connectivity index (χ2v) is 4.71. The third-order valence-corrected chi connectivity index (χ3v) is 3.23. The molecule has 0 aliphatic carbocycles. The van der Waals surface area contributed by atoms with E-state index in [-0.39, 0.29) is 24.1 Å². The second-order valence-electron chi connectivity index (χ2n) is 4.71. The summed E-state index contributed by atoms with van der Waals surface area (Å²) in [6.07, 6.45) is 4.24. The van der Waals surface area contributed by atoms with Crippen LogP contribution < -0.4 is 10.6 Å². The van der Waals surface area contributed by atoms with E-state index >= 15 is 0 Å². The highest BCUT2D eigenvalue weighted by Crippen LogP contribution is 2.11. The maximum Gasteiger partial charge on any atom is 0.222 e. The Morgan fingerprint density at radius 1 is 1.16 bits per heavy atom. The first-order valence-electron chi connectivity index (χ1n) is 6.88. The molecule has 6 heteroatoms. The molecule has 19 heavy (non-hydrogen) atoms. The predicted molar refractivity (Wildman–Crippen MR) is 71.4 cm³/mol. The highest BCUT2D eigenvalue weighted by molar-refractivity contribution is 5.80. The summed E-state index contributed by atoms with van der Waals surface area (Å²) < 4.78 is 0. The lowest BCUT2D eigenvalue weighted by atomic mass is 10.2. The Morgan fingerprint density at radius 2 is 1.95 bits per heavy atom. The van der Waals surface area contributed by atoms with Crippen LogP contribution >= 0.6 is 0 Å². The van der Waals surface area contributed by atoms with E-state index in [0.29, 0.717) is 25.9 Å². The summed E-state index contributed by atoms with van der Waals surface area (Å²) in [6.45, 7) is 1.57. The molecule has 1 aliphatic heterocycles. The molecule has 2 N–H and O–H groups in total. The molecule has 1 saturated heterocycles.